The van der Waals surface area contributed by atoms with Gasteiger partial charge in [0, 0.05) is 44.4 Å². The van der Waals surface area contributed by atoms with Crippen LogP contribution in [0.1, 0.15) is 73.6 Å². The van der Waals surface area contributed by atoms with Crippen LogP contribution in [0.5, 0.6) is 5.75 Å². The van der Waals surface area contributed by atoms with E-state index in [-0.39, 0.29) is 30.5 Å². The number of hydrogen-bond donors (Lipinski definition) is 1. The third-order valence-corrected chi connectivity index (χ3v) is 6.11. The molecule has 1 saturated carbocycles. The van der Waals surface area contributed by atoms with E-state index < -0.39 is 11.4 Å². The lowest BCUT2D eigenvalue weighted by atomic mass is 9.79. The maximum Gasteiger partial charge on any atom is 0.341 e. The van der Waals surface area contributed by atoms with E-state index in [1.54, 1.807) is 7.11 Å². The first-order chi connectivity index (χ1) is 14.7. The van der Waals surface area contributed by atoms with Gasteiger partial charge in [-0.3, -0.25) is 4.79 Å². The first kappa shape index (κ1) is 24.3. The van der Waals surface area contributed by atoms with Gasteiger partial charge in [0.1, 0.15) is 11.3 Å². The van der Waals surface area contributed by atoms with Crippen LogP contribution in [0.4, 0.5) is 0 Å². The molecule has 1 aliphatic heterocycles. The molecule has 174 valence electrons. The van der Waals surface area contributed by atoms with E-state index in [1.807, 2.05) is 4.57 Å². The van der Waals surface area contributed by atoms with Gasteiger partial charge in [0.15, 0.2) is 5.43 Å². The fourth-order valence-corrected chi connectivity index (χ4v) is 4.26. The van der Waals surface area contributed by atoms with E-state index in [0.29, 0.717) is 31.2 Å². The average molecular weight is 461 g/mol. The molecule has 4 rings (SSSR count). The van der Waals surface area contributed by atoms with Crippen molar-refractivity contribution in [1.82, 2.24) is 9.55 Å². The summed E-state index contributed by atoms with van der Waals surface area (Å²) in [5.41, 5.74) is 2.58. The number of carboxylic acids is 1. The van der Waals surface area contributed by atoms with Crippen LogP contribution in [0.25, 0.3) is 11.4 Å². The molecule has 0 unspecified atom stereocenters. The van der Waals surface area contributed by atoms with Gasteiger partial charge < -0.3 is 19.1 Å². The van der Waals surface area contributed by atoms with E-state index in [0.717, 1.165) is 42.0 Å². The molecule has 8 heteroatoms. The Bertz CT molecular complexity index is 1070. The molecule has 2 aromatic rings. The highest BCUT2D eigenvalue weighted by Crippen LogP contribution is 2.47. The summed E-state index contributed by atoms with van der Waals surface area (Å²) < 4.78 is 13.2. The first-order valence-electron chi connectivity index (χ1n) is 10.9. The van der Waals surface area contributed by atoms with Crippen LogP contribution in [-0.4, -0.2) is 41.0 Å². The monoisotopic (exact) mass is 460 g/mol. The maximum absolute atomic E-state index is 12.5. The van der Waals surface area contributed by atoms with Crippen LogP contribution < -0.4 is 10.2 Å². The van der Waals surface area contributed by atoms with Crippen LogP contribution in [0.2, 0.25) is 0 Å². The quantitative estimate of drug-likeness (QED) is 0.624. The van der Waals surface area contributed by atoms with Gasteiger partial charge in [-0.25, -0.2) is 9.78 Å². The number of ether oxygens (including phenoxy) is 2. The lowest BCUT2D eigenvalue weighted by Crippen LogP contribution is -2.33. The van der Waals surface area contributed by atoms with Gasteiger partial charge in [-0.1, -0.05) is 20.8 Å². The van der Waals surface area contributed by atoms with Crippen molar-refractivity contribution >= 4 is 19.5 Å². The van der Waals surface area contributed by atoms with Crippen LogP contribution >= 0.6 is 13.5 Å². The number of carbonyl (C=O) groups is 1. The van der Waals surface area contributed by atoms with Crippen molar-refractivity contribution in [2.24, 2.45) is 5.41 Å². The fraction of sp³-hybridized carbons (Fsp3) is 0.542. The molecular weight excluding hydrogens is 428 g/mol. The molecule has 0 amide bonds. The molecule has 1 atom stereocenters. The van der Waals surface area contributed by atoms with E-state index >= 15 is 0 Å². The number of rotatable bonds is 7. The summed E-state index contributed by atoms with van der Waals surface area (Å²) in [7, 11) is 1.68. The number of aromatic carboxylic acids is 1. The Morgan fingerprint density at radius 3 is 2.56 bits per heavy atom. The highest BCUT2D eigenvalue weighted by Gasteiger charge is 2.36. The van der Waals surface area contributed by atoms with Gasteiger partial charge in [-0.05, 0) is 36.3 Å². The summed E-state index contributed by atoms with van der Waals surface area (Å²) >= 11 is 0. The van der Waals surface area contributed by atoms with E-state index in [9.17, 15) is 14.7 Å². The Kier molecular flexibility index (Phi) is 7.05. The van der Waals surface area contributed by atoms with Gasteiger partial charge in [-0.15, -0.1) is 0 Å². The average Bonchev–Trinajstić information content (AvgIpc) is 3.54. The second-order valence-corrected chi connectivity index (χ2v) is 9.58. The van der Waals surface area contributed by atoms with Crippen molar-refractivity contribution in [3.63, 3.8) is 0 Å². The van der Waals surface area contributed by atoms with Crippen molar-refractivity contribution in [2.45, 2.75) is 58.4 Å². The summed E-state index contributed by atoms with van der Waals surface area (Å²) in [4.78, 5) is 29.1. The maximum atomic E-state index is 12.5. The normalized spacial score (nSPS) is 17.2. The molecule has 0 aromatic carbocycles. The van der Waals surface area contributed by atoms with Crippen molar-refractivity contribution in [2.75, 3.05) is 20.3 Å². The Labute approximate surface area is 195 Å². The molecule has 0 radical (unpaired) electrons. The summed E-state index contributed by atoms with van der Waals surface area (Å²) in [6, 6.07) is 3.51. The second-order valence-electron chi connectivity index (χ2n) is 9.58. The van der Waals surface area contributed by atoms with Crippen LogP contribution in [0.3, 0.4) is 0 Å². The molecule has 0 bridgehead atoms. The Balaban J connectivity index is 0.00000289. The lowest BCUT2D eigenvalue weighted by molar-refractivity contribution is 0.0693. The molecule has 2 aromatic heterocycles. The van der Waals surface area contributed by atoms with Crippen LogP contribution in [0.15, 0.2) is 23.1 Å². The molecule has 1 N–H and O–H groups in total. The number of hydrogen-bond acceptors (Lipinski definition) is 5. The third kappa shape index (κ3) is 4.71. The predicted octanol–water partition coefficient (Wildman–Crippen LogP) is 4.16. The highest BCUT2D eigenvalue weighted by atomic mass is 32.1. The third-order valence-electron chi connectivity index (χ3n) is 6.11. The summed E-state index contributed by atoms with van der Waals surface area (Å²) in [5, 5.41) is 9.48. The Hall–Kier alpha value is -2.32. The largest absolute Gasteiger partial charge is 0.492 e. The summed E-state index contributed by atoms with van der Waals surface area (Å²) in [5.74, 6) is -0.00492. The van der Waals surface area contributed by atoms with Crippen molar-refractivity contribution in [3.8, 4) is 17.1 Å². The molecule has 0 spiro atoms. The summed E-state index contributed by atoms with van der Waals surface area (Å²) in [6.45, 7) is 7.58. The minimum absolute atomic E-state index is 0. The molecule has 1 fully saturated rings. The minimum Gasteiger partial charge on any atom is -0.492 e. The molecule has 3 heterocycles. The molecule has 7 nitrogen and oxygen atoms in total. The molecule has 32 heavy (non-hydrogen) atoms. The molecule has 1 aliphatic carbocycles. The van der Waals surface area contributed by atoms with Crippen molar-refractivity contribution in [3.05, 3.63) is 45.4 Å². The number of fused-ring (bicyclic) bond motifs is 3. The number of aromatic nitrogens is 2. The highest BCUT2D eigenvalue weighted by molar-refractivity contribution is 7.59. The van der Waals surface area contributed by atoms with Gasteiger partial charge in [0.05, 0.1) is 23.7 Å². The molecular formula is C24H32N2O5S. The zero-order chi connectivity index (χ0) is 22.3. The summed E-state index contributed by atoms with van der Waals surface area (Å²) in [6.07, 6.45) is 5.15. The predicted molar refractivity (Wildman–Crippen MR) is 127 cm³/mol. The number of methoxy groups -OCH3 is 1. The molecule has 2 aliphatic rings. The van der Waals surface area contributed by atoms with Crippen molar-refractivity contribution < 1.29 is 19.4 Å². The van der Waals surface area contributed by atoms with E-state index in [2.05, 4.69) is 26.8 Å². The number of pyridine rings is 2. The van der Waals surface area contributed by atoms with Crippen LogP contribution in [0, 0.1) is 5.41 Å². The van der Waals surface area contributed by atoms with E-state index in [4.69, 9.17) is 14.5 Å². The lowest BCUT2D eigenvalue weighted by Gasteiger charge is -2.38. The van der Waals surface area contributed by atoms with Crippen LogP contribution in [-0.2, 0) is 11.2 Å². The Morgan fingerprint density at radius 1 is 1.25 bits per heavy atom. The molecule has 0 saturated heterocycles. The smallest absolute Gasteiger partial charge is 0.341 e. The second kappa shape index (κ2) is 9.27. The van der Waals surface area contributed by atoms with Gasteiger partial charge >= 0.3 is 5.97 Å². The SMILES string of the molecule is COCCCOc1cc2c(nc1C1CC1)-c1cc(=O)c(C(=O)O)cn1[C@H](C(C)(C)C)C2.S. The zero-order valence-electron chi connectivity index (χ0n) is 19.1. The number of nitrogens with zero attached hydrogens (tertiary/aromatic N) is 2. The van der Waals surface area contributed by atoms with Gasteiger partial charge in [-0.2, -0.15) is 13.5 Å². The number of carboxylic acid groups (broad SMARTS) is 1. The van der Waals surface area contributed by atoms with Gasteiger partial charge in [0.2, 0.25) is 0 Å². The zero-order valence-corrected chi connectivity index (χ0v) is 20.1. The van der Waals surface area contributed by atoms with E-state index in [1.165, 1.54) is 12.3 Å². The Morgan fingerprint density at radius 2 is 1.97 bits per heavy atom. The standard InChI is InChI=1S/C24H30N2O5.H2S/c1-24(2,3)20-11-15-10-19(31-9-5-8-30-4)22(14-6-7-14)25-21(15)17-12-18(27)16(23(28)29)13-26(17)20;/h10,12-14,20H,5-9,11H2,1-4H3,(H,28,29);1H2/t20-;/m0./s1. The van der Waals surface area contributed by atoms with Gasteiger partial charge in [0.25, 0.3) is 0 Å². The topological polar surface area (TPSA) is 90.7 Å². The van der Waals surface area contributed by atoms with Crippen molar-refractivity contribution in [1.29, 1.82) is 0 Å². The fourth-order valence-electron chi connectivity index (χ4n) is 4.26. The minimum atomic E-state index is -1.20. The first-order valence-corrected chi connectivity index (χ1v) is 10.9.